The third-order valence-electron chi connectivity index (χ3n) is 15.2. The van der Waals surface area contributed by atoms with Gasteiger partial charge in [0, 0.05) is 65.2 Å². The van der Waals surface area contributed by atoms with Gasteiger partial charge in [-0.15, -0.1) is 0 Å². The Hall–Kier alpha value is -9.72. The van der Waals surface area contributed by atoms with Crippen LogP contribution in [0.4, 0.5) is 0 Å². The van der Waals surface area contributed by atoms with Gasteiger partial charge in [0.05, 0.1) is 44.1 Å². The van der Waals surface area contributed by atoms with Crippen molar-refractivity contribution in [3.63, 3.8) is 0 Å². The molecular formula is C65H41N7. The van der Waals surface area contributed by atoms with Gasteiger partial charge < -0.3 is 14.5 Å². The number of fused-ring (bicyclic) bond motifs is 18. The molecule has 16 rings (SSSR count). The monoisotopic (exact) mass is 919 g/mol. The van der Waals surface area contributed by atoms with Crippen molar-refractivity contribution in [1.82, 2.24) is 23.6 Å². The first-order valence-corrected chi connectivity index (χ1v) is 24.6. The molecule has 336 valence electrons. The van der Waals surface area contributed by atoms with Crippen LogP contribution in [0.3, 0.4) is 0 Å². The summed E-state index contributed by atoms with van der Waals surface area (Å²) in [5, 5.41) is 18.0. The molecular weight excluding hydrogens is 879 g/mol. The minimum atomic E-state index is -0.472. The van der Waals surface area contributed by atoms with Gasteiger partial charge in [0.25, 0.3) is 0 Å². The number of nitrogens with zero attached hydrogens (tertiary/aromatic N) is 6. The highest BCUT2D eigenvalue weighted by atomic mass is 15.4. The van der Waals surface area contributed by atoms with Crippen LogP contribution in [0.1, 0.15) is 11.7 Å². The lowest BCUT2D eigenvalue weighted by Gasteiger charge is -2.25. The van der Waals surface area contributed by atoms with E-state index in [1.807, 2.05) is 0 Å². The maximum absolute atomic E-state index is 5.82. The summed E-state index contributed by atoms with van der Waals surface area (Å²) in [5.41, 5.74) is 12.1. The Morgan fingerprint density at radius 3 is 1.42 bits per heavy atom. The summed E-state index contributed by atoms with van der Waals surface area (Å²) >= 11 is 0. The highest BCUT2D eigenvalue weighted by molar-refractivity contribution is 6.33. The molecule has 0 radical (unpaired) electrons. The SMILES string of the molecule is c1ccc(C2N=C(n3c4c5ccccc5ccc4c4ccc5c(c6ccc7ccccc7c6n5-c5ccccc5)c43)N=C(n3c4ccccc4c4c3ccc3c5ccccc5n(-c5ccccc5)c34)N2)cc1. The van der Waals surface area contributed by atoms with E-state index in [0.29, 0.717) is 11.9 Å². The highest BCUT2D eigenvalue weighted by Crippen LogP contribution is 2.46. The fourth-order valence-corrected chi connectivity index (χ4v) is 12.2. The van der Waals surface area contributed by atoms with E-state index in [1.165, 1.54) is 48.9 Å². The molecule has 0 spiro atoms. The Morgan fingerprint density at radius 1 is 0.306 bits per heavy atom. The first-order chi connectivity index (χ1) is 35.8. The van der Waals surface area contributed by atoms with Gasteiger partial charge >= 0.3 is 0 Å². The van der Waals surface area contributed by atoms with Crippen molar-refractivity contribution in [2.45, 2.75) is 6.17 Å². The lowest BCUT2D eigenvalue weighted by molar-refractivity contribution is 0.656. The van der Waals surface area contributed by atoms with Crippen molar-refractivity contribution in [1.29, 1.82) is 0 Å². The second kappa shape index (κ2) is 14.9. The summed E-state index contributed by atoms with van der Waals surface area (Å²) < 4.78 is 9.60. The third-order valence-corrected chi connectivity index (χ3v) is 15.2. The maximum Gasteiger partial charge on any atom is 0.235 e. The fourth-order valence-electron chi connectivity index (χ4n) is 12.2. The zero-order chi connectivity index (χ0) is 47.0. The summed E-state index contributed by atoms with van der Waals surface area (Å²) in [5.74, 6) is 1.30. The first kappa shape index (κ1) is 39.2. The zero-order valence-corrected chi connectivity index (χ0v) is 38.8. The van der Waals surface area contributed by atoms with E-state index in [9.17, 15) is 0 Å². The van der Waals surface area contributed by atoms with Crippen LogP contribution in [-0.2, 0) is 0 Å². The number of nitrogens with one attached hydrogen (secondary N) is 1. The molecule has 7 nitrogen and oxygen atoms in total. The number of rotatable bonds is 3. The number of hydrogen-bond acceptors (Lipinski definition) is 3. The van der Waals surface area contributed by atoms with Crippen LogP contribution in [0, 0.1) is 0 Å². The van der Waals surface area contributed by atoms with Gasteiger partial charge in [-0.2, -0.15) is 4.99 Å². The smallest absolute Gasteiger partial charge is 0.235 e. The molecule has 1 aliphatic rings. The van der Waals surface area contributed by atoms with Gasteiger partial charge in [-0.05, 0) is 64.9 Å². The molecule has 5 heterocycles. The standard InChI is InChI=1S/C65H41N7/c1-4-20-42(21-5-1)63-66-64(71-54-31-17-15-29-51(54)57-56(71)39-36-48-47-28-14-16-30-53(47)69(61(48)57)43-22-6-2-7-23-43)68-65(67-63)72-59-45-26-12-10-18-40(45)32-34-49(59)50-37-38-55-58(62(50)72)52-35-33-41-19-11-13-27-46(41)60(52)70(55)44-24-8-3-9-25-44/h1-39,63H,(H,66,67,68). The van der Waals surface area contributed by atoms with Crippen molar-refractivity contribution >= 4 is 121 Å². The van der Waals surface area contributed by atoms with Crippen LogP contribution >= 0.6 is 0 Å². The van der Waals surface area contributed by atoms with Gasteiger partial charge in [-0.3, -0.25) is 9.13 Å². The van der Waals surface area contributed by atoms with Gasteiger partial charge in [-0.25, -0.2) is 4.99 Å². The molecule has 11 aromatic carbocycles. The van der Waals surface area contributed by atoms with Gasteiger partial charge in [0.15, 0.2) is 6.17 Å². The van der Waals surface area contributed by atoms with Crippen molar-refractivity contribution in [3.05, 3.63) is 242 Å². The van der Waals surface area contributed by atoms with Gasteiger partial charge in [0.1, 0.15) is 0 Å². The van der Waals surface area contributed by atoms with Gasteiger partial charge in [-0.1, -0.05) is 188 Å². The van der Waals surface area contributed by atoms with Crippen LogP contribution in [0.15, 0.2) is 247 Å². The van der Waals surface area contributed by atoms with E-state index in [1.54, 1.807) is 0 Å². The molecule has 1 unspecified atom stereocenters. The number of aliphatic imine (C=N–C) groups is 2. The number of hydrogen-bond donors (Lipinski definition) is 1. The molecule has 1 atom stereocenters. The van der Waals surface area contributed by atoms with Crippen molar-refractivity contribution < 1.29 is 0 Å². The second-order valence-corrected chi connectivity index (χ2v) is 18.9. The Morgan fingerprint density at radius 2 is 0.750 bits per heavy atom. The topological polar surface area (TPSA) is 56.5 Å². The van der Waals surface area contributed by atoms with Crippen molar-refractivity contribution in [3.8, 4) is 11.4 Å². The summed E-state index contributed by atoms with van der Waals surface area (Å²) in [6.45, 7) is 0. The molecule has 0 saturated heterocycles. The van der Waals surface area contributed by atoms with Gasteiger partial charge in [0.2, 0.25) is 11.9 Å². The Kier molecular flexibility index (Phi) is 8.10. The lowest BCUT2D eigenvalue weighted by Crippen LogP contribution is -2.38. The average Bonchev–Trinajstić information content (AvgIpc) is 4.19. The molecule has 0 amide bonds. The molecule has 0 bridgehead atoms. The largest absolute Gasteiger partial charge is 0.330 e. The molecule has 15 aromatic rings. The van der Waals surface area contributed by atoms with E-state index in [-0.39, 0.29) is 0 Å². The zero-order valence-electron chi connectivity index (χ0n) is 38.8. The molecule has 4 aromatic heterocycles. The van der Waals surface area contributed by atoms with E-state index >= 15 is 0 Å². The molecule has 1 N–H and O–H groups in total. The van der Waals surface area contributed by atoms with Crippen LogP contribution < -0.4 is 5.32 Å². The van der Waals surface area contributed by atoms with Crippen LogP contribution in [0.2, 0.25) is 0 Å². The fraction of sp³-hybridized carbons (Fsp3) is 0.0154. The highest BCUT2D eigenvalue weighted by Gasteiger charge is 2.30. The number of aromatic nitrogens is 4. The molecule has 7 heteroatoms. The summed E-state index contributed by atoms with van der Waals surface area (Å²) in [6.07, 6.45) is -0.472. The molecule has 0 fully saturated rings. The summed E-state index contributed by atoms with van der Waals surface area (Å²) in [6, 6.07) is 85.4. The van der Waals surface area contributed by atoms with Crippen molar-refractivity contribution in [2.75, 3.05) is 0 Å². The van der Waals surface area contributed by atoms with Crippen LogP contribution in [-0.4, -0.2) is 30.2 Å². The lowest BCUT2D eigenvalue weighted by atomic mass is 10.0. The van der Waals surface area contributed by atoms with Crippen LogP contribution in [0.5, 0.6) is 0 Å². The Labute approximate surface area is 412 Å². The molecule has 72 heavy (non-hydrogen) atoms. The van der Waals surface area contributed by atoms with E-state index in [2.05, 4.69) is 260 Å². The molecule has 1 aliphatic heterocycles. The summed E-state index contributed by atoms with van der Waals surface area (Å²) in [4.78, 5) is 11.5. The minimum absolute atomic E-state index is 0.472. The second-order valence-electron chi connectivity index (χ2n) is 18.9. The number of benzene rings is 11. The van der Waals surface area contributed by atoms with Crippen molar-refractivity contribution in [2.24, 2.45) is 9.98 Å². The van der Waals surface area contributed by atoms with E-state index in [4.69, 9.17) is 9.98 Å². The average molecular weight is 920 g/mol. The quantitative estimate of drug-likeness (QED) is 0.189. The first-order valence-electron chi connectivity index (χ1n) is 24.6. The normalized spacial score (nSPS) is 14.2. The predicted octanol–water partition coefficient (Wildman–Crippen LogP) is 15.8. The van der Waals surface area contributed by atoms with E-state index < -0.39 is 6.17 Å². The Bertz CT molecular complexity index is 4820. The molecule has 0 saturated carbocycles. The number of para-hydroxylation sites is 4. The maximum atomic E-state index is 5.82. The Balaban J connectivity index is 1.06. The minimum Gasteiger partial charge on any atom is -0.330 e. The molecule has 0 aliphatic carbocycles. The predicted molar refractivity (Wildman–Crippen MR) is 301 cm³/mol. The summed E-state index contributed by atoms with van der Waals surface area (Å²) in [7, 11) is 0. The van der Waals surface area contributed by atoms with E-state index in [0.717, 1.165) is 76.8 Å². The van der Waals surface area contributed by atoms with Crippen LogP contribution in [0.25, 0.3) is 120 Å². The third kappa shape index (κ3) is 5.39.